The van der Waals surface area contributed by atoms with Crippen LogP contribution >= 0.6 is 9.24 Å². The second-order valence-electron chi connectivity index (χ2n) is 4.47. The lowest BCUT2D eigenvalue weighted by atomic mass is 9.77. The molecule has 0 spiro atoms. The van der Waals surface area contributed by atoms with Crippen molar-refractivity contribution in [3.8, 4) is 0 Å². The van der Waals surface area contributed by atoms with Crippen LogP contribution in [0.3, 0.4) is 0 Å². The van der Waals surface area contributed by atoms with E-state index in [1.54, 1.807) is 0 Å². The van der Waals surface area contributed by atoms with Crippen LogP contribution in [0.4, 0.5) is 0 Å². The van der Waals surface area contributed by atoms with Crippen molar-refractivity contribution in [1.82, 2.24) is 5.32 Å². The summed E-state index contributed by atoms with van der Waals surface area (Å²) in [7, 11) is 4.65. The molecule has 0 aliphatic carbocycles. The van der Waals surface area contributed by atoms with E-state index in [0.717, 1.165) is 6.54 Å². The van der Waals surface area contributed by atoms with Gasteiger partial charge in [0.05, 0.1) is 0 Å². The van der Waals surface area contributed by atoms with Crippen molar-refractivity contribution in [2.75, 3.05) is 13.6 Å². The molecule has 0 aromatic carbocycles. The number of rotatable bonds is 5. The molecule has 0 saturated carbocycles. The molecule has 2 unspecified atom stereocenters. The second kappa shape index (κ2) is 4.39. The van der Waals surface area contributed by atoms with Gasteiger partial charge in [0.1, 0.15) is 0 Å². The Bertz CT molecular complexity index is 190. The molecular formula is C9H21N2OP. The number of amides is 1. The van der Waals surface area contributed by atoms with Gasteiger partial charge in [0.25, 0.3) is 0 Å². The van der Waals surface area contributed by atoms with E-state index in [-0.39, 0.29) is 16.5 Å². The van der Waals surface area contributed by atoms with Gasteiger partial charge < -0.3 is 11.1 Å². The summed E-state index contributed by atoms with van der Waals surface area (Å²) in [5.74, 6) is -0.248. The van der Waals surface area contributed by atoms with E-state index < -0.39 is 0 Å². The topological polar surface area (TPSA) is 55.1 Å². The third-order valence-electron chi connectivity index (χ3n) is 2.71. The lowest BCUT2D eigenvalue weighted by Crippen LogP contribution is -2.45. The summed E-state index contributed by atoms with van der Waals surface area (Å²) in [6.07, 6.45) is 0.395. The Kier molecular flexibility index (Phi) is 4.34. The molecule has 0 aliphatic heterocycles. The first-order valence-corrected chi connectivity index (χ1v) is 5.02. The molecule has 0 saturated heterocycles. The zero-order chi connectivity index (χ0) is 10.7. The van der Waals surface area contributed by atoms with Gasteiger partial charge in [-0.05, 0) is 17.6 Å². The van der Waals surface area contributed by atoms with Crippen LogP contribution < -0.4 is 11.1 Å². The monoisotopic (exact) mass is 204 g/mol. The van der Waals surface area contributed by atoms with Crippen molar-refractivity contribution in [2.45, 2.75) is 32.3 Å². The molecule has 2 atom stereocenters. The first kappa shape index (κ1) is 12.9. The Hall–Kier alpha value is -0.140. The minimum atomic E-state index is -0.248. The predicted octanol–water partition coefficient (Wildman–Crippen LogP) is 0.741. The van der Waals surface area contributed by atoms with Gasteiger partial charge >= 0.3 is 0 Å². The van der Waals surface area contributed by atoms with Crippen LogP contribution in [-0.4, -0.2) is 24.7 Å². The van der Waals surface area contributed by atoms with Crippen molar-refractivity contribution in [2.24, 2.45) is 11.1 Å². The lowest BCUT2D eigenvalue weighted by Gasteiger charge is -2.40. The molecular weight excluding hydrogens is 183 g/mol. The van der Waals surface area contributed by atoms with Gasteiger partial charge in [-0.2, -0.15) is 0 Å². The number of nitrogens with one attached hydrogen (secondary N) is 1. The highest BCUT2D eigenvalue weighted by Gasteiger charge is 2.37. The summed E-state index contributed by atoms with van der Waals surface area (Å²) in [5.41, 5.74) is 5.23. The van der Waals surface area contributed by atoms with Crippen LogP contribution in [0.25, 0.3) is 0 Å². The average Bonchev–Trinajstić information content (AvgIpc) is 1.82. The smallest absolute Gasteiger partial charge is 0.218 e. The van der Waals surface area contributed by atoms with Crippen LogP contribution in [0, 0.1) is 5.41 Å². The number of carbonyl (C=O) groups excluding carboxylic acids is 1. The largest absolute Gasteiger partial charge is 0.370 e. The zero-order valence-electron chi connectivity index (χ0n) is 8.98. The summed E-state index contributed by atoms with van der Waals surface area (Å²) in [6, 6.07) is 0. The van der Waals surface area contributed by atoms with E-state index in [2.05, 4.69) is 28.4 Å². The average molecular weight is 204 g/mol. The van der Waals surface area contributed by atoms with E-state index in [0.29, 0.717) is 6.42 Å². The van der Waals surface area contributed by atoms with E-state index in [4.69, 9.17) is 5.73 Å². The Labute approximate surface area is 83.0 Å². The molecule has 0 heterocycles. The van der Waals surface area contributed by atoms with Crippen molar-refractivity contribution in [1.29, 1.82) is 0 Å². The maximum Gasteiger partial charge on any atom is 0.218 e. The zero-order valence-corrected chi connectivity index (χ0v) is 10.1. The molecule has 0 fully saturated rings. The first-order chi connectivity index (χ1) is 5.73. The molecule has 3 N–H and O–H groups in total. The van der Waals surface area contributed by atoms with Gasteiger partial charge in [0.15, 0.2) is 0 Å². The van der Waals surface area contributed by atoms with E-state index >= 15 is 0 Å². The van der Waals surface area contributed by atoms with Gasteiger partial charge in [-0.15, -0.1) is 9.24 Å². The minimum Gasteiger partial charge on any atom is -0.370 e. The molecule has 78 valence electrons. The van der Waals surface area contributed by atoms with Crippen molar-refractivity contribution in [3.63, 3.8) is 0 Å². The predicted molar refractivity (Wildman–Crippen MR) is 59.6 cm³/mol. The summed E-state index contributed by atoms with van der Waals surface area (Å²) in [6.45, 7) is 7.15. The third kappa shape index (κ3) is 3.61. The Morgan fingerprint density at radius 2 is 1.92 bits per heavy atom. The van der Waals surface area contributed by atoms with Gasteiger partial charge in [0.2, 0.25) is 5.91 Å². The van der Waals surface area contributed by atoms with Crippen LogP contribution in [-0.2, 0) is 4.79 Å². The van der Waals surface area contributed by atoms with Gasteiger partial charge in [-0.1, -0.05) is 20.8 Å². The van der Waals surface area contributed by atoms with Crippen molar-refractivity contribution in [3.05, 3.63) is 0 Å². The Morgan fingerprint density at radius 3 is 2.23 bits per heavy atom. The van der Waals surface area contributed by atoms with Crippen LogP contribution in [0.5, 0.6) is 0 Å². The molecule has 0 bridgehead atoms. The highest BCUT2D eigenvalue weighted by atomic mass is 31.0. The number of primary amides is 1. The first-order valence-electron chi connectivity index (χ1n) is 4.45. The number of hydrogen-bond acceptors (Lipinski definition) is 2. The highest BCUT2D eigenvalue weighted by Crippen LogP contribution is 2.40. The molecule has 0 aromatic heterocycles. The minimum absolute atomic E-state index is 0.0292. The van der Waals surface area contributed by atoms with Crippen LogP contribution in [0.2, 0.25) is 0 Å². The highest BCUT2D eigenvalue weighted by molar-refractivity contribution is 7.19. The Balaban J connectivity index is 4.49. The van der Waals surface area contributed by atoms with Crippen LogP contribution in [0.1, 0.15) is 27.2 Å². The molecule has 0 aromatic rings. The third-order valence-corrected chi connectivity index (χ3v) is 3.69. The number of carbonyl (C=O) groups is 1. The summed E-state index contributed by atoms with van der Waals surface area (Å²) < 4.78 is 0. The van der Waals surface area contributed by atoms with Gasteiger partial charge in [-0.3, -0.25) is 4.79 Å². The number of hydrogen-bond donors (Lipinski definition) is 2. The van der Waals surface area contributed by atoms with Crippen molar-refractivity contribution >= 4 is 15.1 Å². The second-order valence-corrected chi connectivity index (χ2v) is 5.75. The number of nitrogens with two attached hydrogens (primary N) is 1. The van der Waals surface area contributed by atoms with Crippen molar-refractivity contribution < 1.29 is 4.79 Å². The fourth-order valence-electron chi connectivity index (χ4n) is 1.25. The fourth-order valence-corrected chi connectivity index (χ4v) is 1.55. The molecule has 4 heteroatoms. The Morgan fingerprint density at radius 1 is 1.46 bits per heavy atom. The van der Waals surface area contributed by atoms with E-state index in [1.165, 1.54) is 0 Å². The summed E-state index contributed by atoms with van der Waals surface area (Å²) in [5, 5.41) is 2.97. The lowest BCUT2D eigenvalue weighted by molar-refractivity contribution is -0.119. The van der Waals surface area contributed by atoms with Gasteiger partial charge in [0, 0.05) is 13.0 Å². The molecule has 0 radical (unpaired) electrons. The molecule has 3 nitrogen and oxygen atoms in total. The molecule has 0 aliphatic rings. The summed E-state index contributed by atoms with van der Waals surface area (Å²) >= 11 is 0. The molecule has 1 amide bonds. The van der Waals surface area contributed by atoms with E-state index in [1.807, 2.05) is 14.0 Å². The maximum absolute atomic E-state index is 10.9. The molecule has 0 rings (SSSR count). The normalized spacial score (nSPS) is 16.7. The maximum atomic E-state index is 10.9. The van der Waals surface area contributed by atoms with Gasteiger partial charge in [-0.25, -0.2) is 0 Å². The SMILES string of the molecule is CNCC(C)(C)C(C)(P)CC(N)=O. The van der Waals surface area contributed by atoms with E-state index in [9.17, 15) is 4.79 Å². The fraction of sp³-hybridized carbons (Fsp3) is 0.889. The standard InChI is InChI=1S/C9H21N2OP/c1-8(2,6-11-4)9(3,13)5-7(10)12/h11H,5-6,13H2,1-4H3,(H2,10,12). The molecule has 13 heavy (non-hydrogen) atoms. The van der Waals surface area contributed by atoms with Crippen LogP contribution in [0.15, 0.2) is 0 Å². The quantitative estimate of drug-likeness (QED) is 0.649. The summed E-state index contributed by atoms with van der Waals surface area (Å²) in [4.78, 5) is 10.9.